The van der Waals surface area contributed by atoms with Crippen LogP contribution < -0.4 is 17.0 Å². The topological polar surface area (TPSA) is 131 Å². The van der Waals surface area contributed by atoms with E-state index >= 15 is 0 Å². The Balaban J connectivity index is 2.62. The number of aryl methyl sites for hydroxylation is 1. The molecule has 22 heavy (non-hydrogen) atoms. The smallest absolute Gasteiger partial charge is 0.330 e. The Morgan fingerprint density at radius 2 is 2.27 bits per heavy atom. The van der Waals surface area contributed by atoms with Gasteiger partial charge in [0.2, 0.25) is 0 Å². The van der Waals surface area contributed by atoms with Crippen LogP contribution in [0.1, 0.15) is 11.9 Å². The van der Waals surface area contributed by atoms with Crippen LogP contribution in [0.4, 0.5) is 4.39 Å². The quantitative estimate of drug-likeness (QED) is 0.457. The number of halogens is 1. The SMILES string of the molecule is Cc1cc(=O)[nH]c(=O)n1C1OC(CO)[C@H](O)C1(N)C#CCF. The molecule has 1 saturated heterocycles. The van der Waals surface area contributed by atoms with Crippen LogP contribution in [0.3, 0.4) is 0 Å². The first-order chi connectivity index (χ1) is 10.3. The number of nitrogens with one attached hydrogen (secondary N) is 1. The summed E-state index contributed by atoms with van der Waals surface area (Å²) < 4.78 is 18.8. The summed E-state index contributed by atoms with van der Waals surface area (Å²) in [7, 11) is 0. The molecule has 120 valence electrons. The highest BCUT2D eigenvalue weighted by Crippen LogP contribution is 2.35. The Kier molecular flexibility index (Phi) is 4.48. The number of aliphatic hydroxyl groups excluding tert-OH is 2. The van der Waals surface area contributed by atoms with Crippen molar-refractivity contribution < 1.29 is 19.3 Å². The number of rotatable bonds is 2. The van der Waals surface area contributed by atoms with Gasteiger partial charge in [-0.3, -0.25) is 14.3 Å². The molecule has 9 heteroatoms. The van der Waals surface area contributed by atoms with E-state index in [-0.39, 0.29) is 5.69 Å². The zero-order valence-corrected chi connectivity index (χ0v) is 11.7. The van der Waals surface area contributed by atoms with Gasteiger partial charge in [0, 0.05) is 11.8 Å². The van der Waals surface area contributed by atoms with Crippen molar-refractivity contribution in [3.8, 4) is 11.8 Å². The lowest BCUT2D eigenvalue weighted by atomic mass is 9.91. The van der Waals surface area contributed by atoms with Crippen LogP contribution in [-0.2, 0) is 4.74 Å². The molecule has 8 nitrogen and oxygen atoms in total. The molecule has 0 amide bonds. The fourth-order valence-electron chi connectivity index (χ4n) is 2.46. The van der Waals surface area contributed by atoms with Gasteiger partial charge < -0.3 is 20.7 Å². The average Bonchev–Trinajstić information content (AvgIpc) is 2.69. The highest BCUT2D eigenvalue weighted by molar-refractivity contribution is 5.26. The molecule has 0 aromatic carbocycles. The minimum absolute atomic E-state index is 0.224. The zero-order chi connectivity index (χ0) is 16.5. The number of aromatic nitrogens is 2. The Morgan fingerprint density at radius 3 is 2.82 bits per heavy atom. The maximum absolute atomic E-state index is 12.3. The summed E-state index contributed by atoms with van der Waals surface area (Å²) in [5, 5.41) is 19.4. The molecule has 1 aliphatic heterocycles. The normalized spacial score (nSPS) is 30.9. The number of nitrogens with two attached hydrogens (primary N) is 1. The number of alkyl halides is 1. The first-order valence-corrected chi connectivity index (χ1v) is 6.47. The van der Waals surface area contributed by atoms with Crippen molar-refractivity contribution in [1.29, 1.82) is 0 Å². The number of H-pyrrole nitrogens is 1. The highest BCUT2D eigenvalue weighted by atomic mass is 19.1. The zero-order valence-electron chi connectivity index (χ0n) is 11.7. The second-order valence-electron chi connectivity index (χ2n) is 4.97. The van der Waals surface area contributed by atoms with Crippen molar-refractivity contribution >= 4 is 0 Å². The van der Waals surface area contributed by atoms with Crippen molar-refractivity contribution in [2.75, 3.05) is 13.3 Å². The van der Waals surface area contributed by atoms with Crippen molar-refractivity contribution in [2.24, 2.45) is 5.73 Å². The third-order valence-electron chi connectivity index (χ3n) is 3.51. The van der Waals surface area contributed by atoms with Gasteiger partial charge in [-0.2, -0.15) is 0 Å². The molecule has 3 unspecified atom stereocenters. The molecule has 2 heterocycles. The van der Waals surface area contributed by atoms with Gasteiger partial charge in [0.05, 0.1) is 6.61 Å². The second kappa shape index (κ2) is 6.02. The summed E-state index contributed by atoms with van der Waals surface area (Å²) in [6.45, 7) is -0.0889. The van der Waals surface area contributed by atoms with Gasteiger partial charge in [-0.05, 0) is 6.92 Å². The highest BCUT2D eigenvalue weighted by Gasteiger charge is 2.54. The number of aliphatic hydroxyl groups is 2. The monoisotopic (exact) mass is 313 g/mol. The van der Waals surface area contributed by atoms with E-state index in [1.807, 2.05) is 4.98 Å². The van der Waals surface area contributed by atoms with Crippen LogP contribution in [0.5, 0.6) is 0 Å². The Labute approximate surface area is 124 Å². The molecule has 1 aromatic rings. The van der Waals surface area contributed by atoms with Crippen LogP contribution in [0, 0.1) is 18.8 Å². The van der Waals surface area contributed by atoms with Gasteiger partial charge >= 0.3 is 5.69 Å². The van der Waals surface area contributed by atoms with Gasteiger partial charge in [-0.25, -0.2) is 9.18 Å². The summed E-state index contributed by atoms with van der Waals surface area (Å²) in [5.74, 6) is 4.46. The van der Waals surface area contributed by atoms with E-state index < -0.39 is 48.5 Å². The number of aromatic amines is 1. The molecule has 0 aliphatic carbocycles. The summed E-state index contributed by atoms with van der Waals surface area (Å²) in [4.78, 5) is 25.4. The van der Waals surface area contributed by atoms with Crippen molar-refractivity contribution in [2.45, 2.75) is 30.9 Å². The maximum atomic E-state index is 12.3. The van der Waals surface area contributed by atoms with Gasteiger partial charge in [0.15, 0.2) is 11.8 Å². The fourth-order valence-corrected chi connectivity index (χ4v) is 2.46. The third kappa shape index (κ3) is 2.57. The maximum Gasteiger partial charge on any atom is 0.330 e. The molecule has 0 saturated carbocycles. The van der Waals surface area contributed by atoms with E-state index in [1.165, 1.54) is 6.92 Å². The van der Waals surface area contributed by atoms with Crippen molar-refractivity contribution in [1.82, 2.24) is 9.55 Å². The molecule has 1 aromatic heterocycles. The first kappa shape index (κ1) is 16.4. The van der Waals surface area contributed by atoms with Crippen LogP contribution in [0.15, 0.2) is 15.7 Å². The second-order valence-corrected chi connectivity index (χ2v) is 4.97. The molecule has 1 aliphatic rings. The average molecular weight is 313 g/mol. The third-order valence-corrected chi connectivity index (χ3v) is 3.51. The molecule has 4 atom stereocenters. The van der Waals surface area contributed by atoms with Gasteiger partial charge in [0.25, 0.3) is 5.56 Å². The lowest BCUT2D eigenvalue weighted by Crippen LogP contribution is -2.55. The summed E-state index contributed by atoms with van der Waals surface area (Å²) in [6, 6.07) is 1.15. The number of nitrogens with zero attached hydrogens (tertiary/aromatic N) is 1. The van der Waals surface area contributed by atoms with Gasteiger partial charge in [-0.1, -0.05) is 11.8 Å². The Hall–Kier alpha value is -1.99. The van der Waals surface area contributed by atoms with E-state index in [0.29, 0.717) is 0 Å². The summed E-state index contributed by atoms with van der Waals surface area (Å²) >= 11 is 0. The molecule has 0 spiro atoms. The van der Waals surface area contributed by atoms with Gasteiger partial charge in [0.1, 0.15) is 18.9 Å². The molecule has 2 rings (SSSR count). The number of hydrogen-bond acceptors (Lipinski definition) is 6. The standard InChI is InChI=1S/C13H16FN3O5/c1-7-5-9(19)16-12(21)17(7)11-13(15,3-2-4-14)10(20)8(6-18)22-11/h5,8,10-11,18,20H,4,6,15H2,1H3,(H,16,19,21)/t8?,10-,11?,13?/m0/s1. The lowest BCUT2D eigenvalue weighted by Gasteiger charge is -2.28. The summed E-state index contributed by atoms with van der Waals surface area (Å²) in [5.41, 5.74) is 3.03. The van der Waals surface area contributed by atoms with Crippen LogP contribution >= 0.6 is 0 Å². The number of hydrogen-bond donors (Lipinski definition) is 4. The molecular formula is C13H16FN3O5. The molecule has 1 fully saturated rings. The predicted octanol–water partition coefficient (Wildman–Crippen LogP) is -2.23. The lowest BCUT2D eigenvalue weighted by molar-refractivity contribution is -0.0484. The van der Waals surface area contributed by atoms with E-state index in [4.69, 9.17) is 10.5 Å². The van der Waals surface area contributed by atoms with E-state index in [1.54, 1.807) is 0 Å². The van der Waals surface area contributed by atoms with Gasteiger partial charge in [-0.15, -0.1) is 0 Å². The molecule has 0 bridgehead atoms. The largest absolute Gasteiger partial charge is 0.394 e. The fraction of sp³-hybridized carbons (Fsp3) is 0.538. The van der Waals surface area contributed by atoms with Crippen LogP contribution in [-0.4, -0.2) is 50.8 Å². The van der Waals surface area contributed by atoms with Crippen LogP contribution in [0.25, 0.3) is 0 Å². The number of ether oxygens (including phenoxy) is 1. The van der Waals surface area contributed by atoms with Crippen LogP contribution in [0.2, 0.25) is 0 Å². The minimum Gasteiger partial charge on any atom is -0.394 e. The predicted molar refractivity (Wildman–Crippen MR) is 73.7 cm³/mol. The Morgan fingerprint density at radius 1 is 1.59 bits per heavy atom. The van der Waals surface area contributed by atoms with Crippen molar-refractivity contribution in [3.05, 3.63) is 32.6 Å². The van der Waals surface area contributed by atoms with E-state index in [9.17, 15) is 24.2 Å². The minimum atomic E-state index is -1.81. The van der Waals surface area contributed by atoms with E-state index in [0.717, 1.165) is 10.6 Å². The Bertz CT molecular complexity index is 734. The van der Waals surface area contributed by atoms with Crippen molar-refractivity contribution in [3.63, 3.8) is 0 Å². The molecule has 0 radical (unpaired) electrons. The summed E-state index contributed by atoms with van der Waals surface area (Å²) in [6.07, 6.45) is -3.83. The molecule has 5 N–H and O–H groups in total. The van der Waals surface area contributed by atoms with E-state index in [2.05, 4.69) is 11.8 Å². The molecular weight excluding hydrogens is 297 g/mol. The first-order valence-electron chi connectivity index (χ1n) is 6.47.